The second kappa shape index (κ2) is 4.19. The van der Waals surface area contributed by atoms with Crippen LogP contribution in [0.5, 0.6) is 0 Å². The highest BCUT2D eigenvalue weighted by Gasteiger charge is 2.22. The summed E-state index contributed by atoms with van der Waals surface area (Å²) in [6, 6.07) is -1.01. The third-order valence-corrected chi connectivity index (χ3v) is 3.37. The molecule has 0 aliphatic rings. The van der Waals surface area contributed by atoms with E-state index in [4.69, 9.17) is 17.3 Å². The van der Waals surface area contributed by atoms with Crippen molar-refractivity contribution in [1.82, 2.24) is 18.7 Å². The van der Waals surface area contributed by atoms with E-state index in [1.165, 1.54) is 30.2 Å². The van der Waals surface area contributed by atoms with E-state index in [1.807, 2.05) is 0 Å². The first-order valence-corrected chi connectivity index (χ1v) is 5.81. The van der Waals surface area contributed by atoms with Crippen LogP contribution in [0.15, 0.2) is 9.59 Å². The number of aromatic nitrogens is 4. The van der Waals surface area contributed by atoms with Crippen LogP contribution in [0, 0.1) is 4.77 Å². The summed E-state index contributed by atoms with van der Waals surface area (Å²) in [6.07, 6.45) is 0. The Bertz CT molecular complexity index is 853. The van der Waals surface area contributed by atoms with Crippen molar-refractivity contribution in [2.75, 3.05) is 0 Å². The second-order valence-electron chi connectivity index (χ2n) is 4.22. The number of hydrogen-bond donors (Lipinski definition) is 2. The Hall–Kier alpha value is -2.16. The Morgan fingerprint density at radius 2 is 1.89 bits per heavy atom. The highest BCUT2D eigenvalue weighted by Crippen LogP contribution is 2.14. The largest absolute Gasteiger partial charge is 0.480 e. The fraction of sp³-hybridized carbons (Fsp3) is 0.400. The molecule has 2 N–H and O–H groups in total. The maximum Gasteiger partial charge on any atom is 0.332 e. The lowest BCUT2D eigenvalue weighted by molar-refractivity contribution is -0.140. The summed E-state index contributed by atoms with van der Waals surface area (Å²) in [5.74, 6) is -1.12. The van der Waals surface area contributed by atoms with E-state index >= 15 is 0 Å². The summed E-state index contributed by atoms with van der Waals surface area (Å²) in [4.78, 5) is 37.7. The van der Waals surface area contributed by atoms with Gasteiger partial charge in [-0.15, -0.1) is 0 Å². The summed E-state index contributed by atoms with van der Waals surface area (Å²) in [7, 11) is 2.81. The number of rotatable bonds is 2. The molecule has 0 saturated carbocycles. The van der Waals surface area contributed by atoms with Crippen molar-refractivity contribution < 1.29 is 9.90 Å². The number of carboxylic acid groups (broad SMARTS) is 1. The van der Waals surface area contributed by atoms with Crippen LogP contribution in [-0.4, -0.2) is 29.8 Å². The van der Waals surface area contributed by atoms with Gasteiger partial charge in [-0.2, -0.15) is 0 Å². The normalized spacial score (nSPS) is 12.8. The number of aryl methyl sites for hydroxylation is 1. The van der Waals surface area contributed by atoms with Gasteiger partial charge in [-0.25, -0.2) is 9.59 Å². The van der Waals surface area contributed by atoms with E-state index in [0.29, 0.717) is 0 Å². The second-order valence-corrected chi connectivity index (χ2v) is 4.60. The van der Waals surface area contributed by atoms with Crippen molar-refractivity contribution in [3.8, 4) is 0 Å². The van der Waals surface area contributed by atoms with E-state index in [-0.39, 0.29) is 15.9 Å². The molecule has 2 aromatic rings. The Morgan fingerprint density at radius 1 is 1.32 bits per heavy atom. The maximum absolute atomic E-state index is 12.1. The van der Waals surface area contributed by atoms with Gasteiger partial charge < -0.3 is 10.1 Å². The lowest BCUT2D eigenvalue weighted by Crippen LogP contribution is -2.38. The summed E-state index contributed by atoms with van der Waals surface area (Å²) in [5.41, 5.74) is -0.807. The molecule has 9 heteroatoms. The quantitative estimate of drug-likeness (QED) is 0.740. The predicted octanol–water partition coefficient (Wildman–Crippen LogP) is -0.258. The molecule has 0 spiro atoms. The fourth-order valence-corrected chi connectivity index (χ4v) is 2.28. The van der Waals surface area contributed by atoms with Gasteiger partial charge in [-0.1, -0.05) is 0 Å². The SMILES string of the molecule is C[C@H](C(=O)O)n1c(=S)[nH]c2c1c(=O)n(C)c(=O)n2C. The number of H-pyrrole nitrogens is 1. The molecule has 1 atom stereocenters. The minimum atomic E-state index is -1.12. The van der Waals surface area contributed by atoms with E-state index in [1.54, 1.807) is 0 Å². The molecule has 8 nitrogen and oxygen atoms in total. The number of imidazole rings is 1. The van der Waals surface area contributed by atoms with Crippen LogP contribution < -0.4 is 11.2 Å². The van der Waals surface area contributed by atoms with Gasteiger partial charge in [0.2, 0.25) is 0 Å². The zero-order valence-electron chi connectivity index (χ0n) is 10.5. The fourth-order valence-electron chi connectivity index (χ4n) is 1.93. The lowest BCUT2D eigenvalue weighted by atomic mass is 10.3. The minimum absolute atomic E-state index is 0.0736. The molecule has 0 bridgehead atoms. The molecule has 0 fully saturated rings. The number of nitrogens with one attached hydrogen (secondary N) is 1. The van der Waals surface area contributed by atoms with Gasteiger partial charge in [-0.3, -0.25) is 18.5 Å². The zero-order chi connectivity index (χ0) is 14.5. The van der Waals surface area contributed by atoms with Gasteiger partial charge in [0.15, 0.2) is 10.3 Å². The minimum Gasteiger partial charge on any atom is -0.480 e. The van der Waals surface area contributed by atoms with Crippen molar-refractivity contribution >= 4 is 29.4 Å². The van der Waals surface area contributed by atoms with Gasteiger partial charge >= 0.3 is 11.7 Å². The topological polar surface area (TPSA) is 102 Å². The van der Waals surface area contributed by atoms with Crippen LogP contribution in [0.4, 0.5) is 0 Å². The molecule has 0 saturated heterocycles. The van der Waals surface area contributed by atoms with E-state index in [9.17, 15) is 14.4 Å². The third-order valence-electron chi connectivity index (χ3n) is 3.07. The molecule has 0 aliphatic carbocycles. The van der Waals surface area contributed by atoms with Crippen molar-refractivity contribution in [3.05, 3.63) is 25.6 Å². The van der Waals surface area contributed by atoms with Gasteiger partial charge in [-0.05, 0) is 19.1 Å². The van der Waals surface area contributed by atoms with E-state index in [2.05, 4.69) is 4.98 Å². The van der Waals surface area contributed by atoms with Crippen LogP contribution in [0.1, 0.15) is 13.0 Å². The molecule has 0 unspecified atom stereocenters. The molecule has 2 heterocycles. The molecule has 0 aromatic carbocycles. The number of aromatic amines is 1. The van der Waals surface area contributed by atoms with Gasteiger partial charge in [0.05, 0.1) is 0 Å². The standard InChI is InChI=1S/C10H12N4O4S/c1-4(8(16)17)14-5-6(11-9(14)19)12(2)10(18)13(3)7(5)15/h4H,1-3H3,(H,11,19)(H,16,17)/t4-/m1/s1. The van der Waals surface area contributed by atoms with E-state index in [0.717, 1.165) is 4.57 Å². The number of aliphatic carboxylic acids is 1. The Kier molecular flexibility index (Phi) is 2.93. The van der Waals surface area contributed by atoms with Crippen LogP contribution >= 0.6 is 12.2 Å². The number of carbonyl (C=O) groups is 1. The predicted molar refractivity (Wildman–Crippen MR) is 70.0 cm³/mol. The molecule has 19 heavy (non-hydrogen) atoms. The number of fused-ring (bicyclic) bond motifs is 1. The average molecular weight is 284 g/mol. The van der Waals surface area contributed by atoms with Gasteiger partial charge in [0, 0.05) is 14.1 Å². The molecule has 102 valence electrons. The molecular weight excluding hydrogens is 272 g/mol. The lowest BCUT2D eigenvalue weighted by Gasteiger charge is -2.10. The van der Waals surface area contributed by atoms with Crippen molar-refractivity contribution in [1.29, 1.82) is 0 Å². The Balaban J connectivity index is 3.09. The van der Waals surface area contributed by atoms with Crippen LogP contribution in [0.25, 0.3) is 11.2 Å². The summed E-state index contributed by atoms with van der Waals surface area (Å²) >= 11 is 5.03. The molecule has 0 aliphatic heterocycles. The van der Waals surface area contributed by atoms with Gasteiger partial charge in [0.25, 0.3) is 5.56 Å². The van der Waals surface area contributed by atoms with Crippen molar-refractivity contribution in [2.45, 2.75) is 13.0 Å². The Labute approximate surface area is 111 Å². The number of hydrogen-bond acceptors (Lipinski definition) is 4. The molecule has 2 aromatic heterocycles. The summed E-state index contributed by atoms with van der Waals surface area (Å²) in [5, 5.41) is 9.06. The number of nitrogens with zero attached hydrogens (tertiary/aromatic N) is 3. The monoisotopic (exact) mass is 284 g/mol. The molecular formula is C10H12N4O4S. The first-order valence-electron chi connectivity index (χ1n) is 5.40. The first kappa shape index (κ1) is 13.3. The highest BCUT2D eigenvalue weighted by atomic mass is 32.1. The first-order chi connectivity index (χ1) is 8.77. The number of carboxylic acids is 1. The zero-order valence-corrected chi connectivity index (χ0v) is 11.3. The maximum atomic E-state index is 12.1. The third kappa shape index (κ3) is 1.73. The van der Waals surface area contributed by atoms with Crippen molar-refractivity contribution in [2.24, 2.45) is 14.1 Å². The molecule has 2 rings (SSSR count). The van der Waals surface area contributed by atoms with Crippen LogP contribution in [0.2, 0.25) is 0 Å². The molecule has 0 radical (unpaired) electrons. The highest BCUT2D eigenvalue weighted by molar-refractivity contribution is 7.71. The van der Waals surface area contributed by atoms with Crippen molar-refractivity contribution in [3.63, 3.8) is 0 Å². The Morgan fingerprint density at radius 3 is 2.42 bits per heavy atom. The smallest absolute Gasteiger partial charge is 0.332 e. The summed E-state index contributed by atoms with van der Waals surface area (Å²) < 4.78 is 3.42. The van der Waals surface area contributed by atoms with Gasteiger partial charge in [0.1, 0.15) is 11.7 Å². The summed E-state index contributed by atoms with van der Waals surface area (Å²) in [6.45, 7) is 1.41. The average Bonchev–Trinajstić information content (AvgIpc) is 2.70. The van der Waals surface area contributed by atoms with E-state index < -0.39 is 23.3 Å². The molecule has 0 amide bonds. The van der Waals surface area contributed by atoms with Crippen LogP contribution in [-0.2, 0) is 18.9 Å². The van der Waals surface area contributed by atoms with Crippen LogP contribution in [0.3, 0.4) is 0 Å².